The van der Waals surface area contributed by atoms with Crippen LogP contribution in [0, 0.1) is 5.92 Å². The molecule has 1 saturated carbocycles. The number of alkyl halides is 2. The summed E-state index contributed by atoms with van der Waals surface area (Å²) in [4.78, 5) is 2.24. The molecule has 2 nitrogen and oxygen atoms in total. The Kier molecular flexibility index (Phi) is 5.80. The summed E-state index contributed by atoms with van der Waals surface area (Å²) in [7, 11) is 0. The summed E-state index contributed by atoms with van der Waals surface area (Å²) >= 11 is 0. The third kappa shape index (κ3) is 5.30. The lowest BCUT2D eigenvalue weighted by Gasteiger charge is -2.21. The normalized spacial score (nSPS) is 25.4. The van der Waals surface area contributed by atoms with Crippen LogP contribution in [0.2, 0.25) is 0 Å². The van der Waals surface area contributed by atoms with E-state index in [1.807, 2.05) is 0 Å². The van der Waals surface area contributed by atoms with Crippen molar-refractivity contribution in [1.82, 2.24) is 4.90 Å². The van der Waals surface area contributed by atoms with Gasteiger partial charge in [-0.2, -0.15) is 0 Å². The lowest BCUT2D eigenvalue weighted by Crippen LogP contribution is -2.27. The Hall–Kier alpha value is -0.220. The third-order valence-electron chi connectivity index (χ3n) is 3.78. The summed E-state index contributed by atoms with van der Waals surface area (Å²) in [6, 6.07) is 0. The molecule has 1 aliphatic carbocycles. The molecule has 0 aromatic heterocycles. The molecule has 1 N–H and O–H groups in total. The van der Waals surface area contributed by atoms with E-state index in [1.165, 1.54) is 0 Å². The lowest BCUT2D eigenvalue weighted by molar-refractivity contribution is 0.00226. The summed E-state index contributed by atoms with van der Waals surface area (Å²) in [5.74, 6) is -2.47. The van der Waals surface area contributed by atoms with Crippen molar-refractivity contribution in [3.8, 4) is 0 Å². The standard InChI is InChI=1S/C13H25F2NO/c1-3-16(4-2)8-6-12(17)9-11-5-7-13(14,15)10-11/h11-12,17H,3-10H2,1-2H3. The van der Waals surface area contributed by atoms with E-state index < -0.39 is 12.0 Å². The van der Waals surface area contributed by atoms with Crippen LogP contribution in [0.1, 0.15) is 46.0 Å². The van der Waals surface area contributed by atoms with Gasteiger partial charge in [0.1, 0.15) is 0 Å². The Morgan fingerprint density at radius 2 is 2.00 bits per heavy atom. The molecule has 2 unspecified atom stereocenters. The Morgan fingerprint density at radius 1 is 1.35 bits per heavy atom. The average Bonchev–Trinajstić information content (AvgIpc) is 2.59. The zero-order valence-corrected chi connectivity index (χ0v) is 11.0. The number of aliphatic hydroxyl groups excluding tert-OH is 1. The second-order valence-corrected chi connectivity index (χ2v) is 5.17. The van der Waals surface area contributed by atoms with Crippen molar-refractivity contribution in [2.75, 3.05) is 19.6 Å². The quantitative estimate of drug-likeness (QED) is 0.750. The highest BCUT2D eigenvalue weighted by molar-refractivity contribution is 4.82. The molecule has 0 spiro atoms. The fourth-order valence-corrected chi connectivity index (χ4v) is 2.62. The first-order valence-electron chi connectivity index (χ1n) is 6.75. The van der Waals surface area contributed by atoms with Crippen molar-refractivity contribution in [1.29, 1.82) is 0 Å². The number of aliphatic hydroxyl groups is 1. The van der Waals surface area contributed by atoms with Gasteiger partial charge in [-0.15, -0.1) is 0 Å². The van der Waals surface area contributed by atoms with Crippen LogP contribution in [0.4, 0.5) is 8.78 Å². The van der Waals surface area contributed by atoms with Crippen molar-refractivity contribution < 1.29 is 13.9 Å². The minimum Gasteiger partial charge on any atom is -0.393 e. The predicted molar refractivity (Wildman–Crippen MR) is 65.3 cm³/mol. The zero-order valence-electron chi connectivity index (χ0n) is 11.0. The smallest absolute Gasteiger partial charge is 0.248 e. The zero-order chi connectivity index (χ0) is 12.9. The molecule has 0 aliphatic heterocycles. The van der Waals surface area contributed by atoms with Crippen molar-refractivity contribution in [3.05, 3.63) is 0 Å². The minimum absolute atomic E-state index is 0.000428. The highest BCUT2D eigenvalue weighted by Crippen LogP contribution is 2.40. The molecule has 0 aromatic rings. The second kappa shape index (κ2) is 6.64. The first kappa shape index (κ1) is 14.8. The SMILES string of the molecule is CCN(CC)CCC(O)CC1CCC(F)(F)C1. The summed E-state index contributed by atoms with van der Waals surface area (Å²) in [5, 5.41) is 9.85. The molecule has 0 heterocycles. The van der Waals surface area contributed by atoms with E-state index in [2.05, 4.69) is 18.7 Å². The maximum atomic E-state index is 13.0. The highest BCUT2D eigenvalue weighted by Gasteiger charge is 2.39. The molecular weight excluding hydrogens is 224 g/mol. The van der Waals surface area contributed by atoms with Gasteiger partial charge in [0.15, 0.2) is 0 Å². The van der Waals surface area contributed by atoms with Gasteiger partial charge in [0.2, 0.25) is 5.92 Å². The van der Waals surface area contributed by atoms with Gasteiger partial charge in [0.25, 0.3) is 0 Å². The van der Waals surface area contributed by atoms with E-state index in [4.69, 9.17) is 0 Å². The molecule has 17 heavy (non-hydrogen) atoms. The summed E-state index contributed by atoms with van der Waals surface area (Å²) < 4.78 is 26.0. The van der Waals surface area contributed by atoms with Crippen molar-refractivity contribution in [2.45, 2.75) is 58.0 Å². The Bertz CT molecular complexity index is 219. The molecule has 1 aliphatic rings. The van der Waals surface area contributed by atoms with E-state index in [0.29, 0.717) is 19.3 Å². The molecular formula is C13H25F2NO. The van der Waals surface area contributed by atoms with E-state index in [9.17, 15) is 13.9 Å². The fraction of sp³-hybridized carbons (Fsp3) is 1.00. The Balaban J connectivity index is 2.19. The van der Waals surface area contributed by atoms with Gasteiger partial charge in [-0.3, -0.25) is 0 Å². The van der Waals surface area contributed by atoms with E-state index in [-0.39, 0.29) is 18.8 Å². The van der Waals surface area contributed by atoms with Crippen LogP contribution in [-0.2, 0) is 0 Å². The maximum absolute atomic E-state index is 13.0. The molecule has 1 fully saturated rings. The minimum atomic E-state index is -2.48. The van der Waals surface area contributed by atoms with Gasteiger partial charge in [0, 0.05) is 19.4 Å². The van der Waals surface area contributed by atoms with Gasteiger partial charge in [-0.05, 0) is 38.3 Å². The topological polar surface area (TPSA) is 23.5 Å². The molecule has 0 aromatic carbocycles. The van der Waals surface area contributed by atoms with E-state index in [1.54, 1.807) is 0 Å². The molecule has 102 valence electrons. The van der Waals surface area contributed by atoms with Crippen LogP contribution in [0.15, 0.2) is 0 Å². The first-order valence-corrected chi connectivity index (χ1v) is 6.75. The number of halogens is 2. The molecule has 0 saturated heterocycles. The van der Waals surface area contributed by atoms with Crippen LogP contribution in [0.3, 0.4) is 0 Å². The van der Waals surface area contributed by atoms with Crippen LogP contribution < -0.4 is 0 Å². The number of hydrogen-bond acceptors (Lipinski definition) is 2. The second-order valence-electron chi connectivity index (χ2n) is 5.17. The molecule has 1 rings (SSSR count). The summed E-state index contributed by atoms with van der Waals surface area (Å²) in [6.07, 6.45) is 1.35. The summed E-state index contributed by atoms with van der Waals surface area (Å²) in [6.45, 7) is 6.99. The number of hydrogen-bond donors (Lipinski definition) is 1. The molecule has 0 bridgehead atoms. The van der Waals surface area contributed by atoms with E-state index >= 15 is 0 Å². The van der Waals surface area contributed by atoms with E-state index in [0.717, 1.165) is 19.6 Å². The molecule has 0 amide bonds. The summed E-state index contributed by atoms with van der Waals surface area (Å²) in [5.41, 5.74) is 0. The first-order chi connectivity index (χ1) is 7.96. The molecule has 4 heteroatoms. The number of nitrogens with zero attached hydrogens (tertiary/aromatic N) is 1. The fourth-order valence-electron chi connectivity index (χ4n) is 2.62. The predicted octanol–water partition coefficient (Wildman–Crippen LogP) is 2.90. The van der Waals surface area contributed by atoms with Gasteiger partial charge in [-0.25, -0.2) is 8.78 Å². The van der Waals surface area contributed by atoms with Gasteiger partial charge in [0.05, 0.1) is 6.10 Å². The Morgan fingerprint density at radius 3 is 2.47 bits per heavy atom. The van der Waals surface area contributed by atoms with Crippen molar-refractivity contribution in [3.63, 3.8) is 0 Å². The van der Waals surface area contributed by atoms with Crippen molar-refractivity contribution >= 4 is 0 Å². The average molecular weight is 249 g/mol. The third-order valence-corrected chi connectivity index (χ3v) is 3.78. The van der Waals surface area contributed by atoms with Gasteiger partial charge < -0.3 is 10.0 Å². The molecule has 2 atom stereocenters. The Labute approximate surface area is 103 Å². The highest BCUT2D eigenvalue weighted by atomic mass is 19.3. The van der Waals surface area contributed by atoms with Crippen LogP contribution >= 0.6 is 0 Å². The monoisotopic (exact) mass is 249 g/mol. The lowest BCUT2D eigenvalue weighted by atomic mass is 9.98. The van der Waals surface area contributed by atoms with Gasteiger partial charge >= 0.3 is 0 Å². The number of rotatable bonds is 7. The van der Waals surface area contributed by atoms with Gasteiger partial charge in [-0.1, -0.05) is 13.8 Å². The van der Waals surface area contributed by atoms with Crippen molar-refractivity contribution in [2.24, 2.45) is 5.92 Å². The van der Waals surface area contributed by atoms with Crippen LogP contribution in [0.25, 0.3) is 0 Å². The largest absolute Gasteiger partial charge is 0.393 e. The van der Waals surface area contributed by atoms with Crippen LogP contribution in [0.5, 0.6) is 0 Å². The van der Waals surface area contributed by atoms with Crippen LogP contribution in [-0.4, -0.2) is 41.7 Å². The molecule has 0 radical (unpaired) electrons. The maximum Gasteiger partial charge on any atom is 0.248 e.